The number of carboxylic acid groups (broad SMARTS) is 1. The molecule has 3 aliphatic rings. The summed E-state index contributed by atoms with van der Waals surface area (Å²) in [5.41, 5.74) is 4.68. The number of rotatable bonds is 15. The Balaban J connectivity index is 1.21. The molecular formula is C42H49ClFN3O6. The average molecular weight is 746 g/mol. The van der Waals surface area contributed by atoms with Gasteiger partial charge in [0.05, 0.1) is 16.5 Å². The highest BCUT2D eigenvalue weighted by atomic mass is 35.5. The second-order valence-corrected chi connectivity index (χ2v) is 15.6. The van der Waals surface area contributed by atoms with Gasteiger partial charge in [0.15, 0.2) is 0 Å². The van der Waals surface area contributed by atoms with E-state index in [2.05, 4.69) is 5.32 Å². The minimum absolute atomic E-state index is 0.0515. The normalized spacial score (nSPS) is 18.5. The fraction of sp³-hybridized carbons (Fsp3) is 0.452. The third kappa shape index (κ3) is 9.40. The number of fused-ring (bicyclic) bond motifs is 2. The van der Waals surface area contributed by atoms with Gasteiger partial charge in [-0.25, -0.2) is 4.39 Å². The van der Waals surface area contributed by atoms with Crippen LogP contribution in [0.2, 0.25) is 5.02 Å². The van der Waals surface area contributed by atoms with Crippen LogP contribution in [0.4, 0.5) is 4.39 Å². The number of ether oxygens (including phenoxy) is 2. The fourth-order valence-electron chi connectivity index (χ4n) is 7.08. The van der Waals surface area contributed by atoms with Gasteiger partial charge in [-0.3, -0.25) is 14.4 Å². The van der Waals surface area contributed by atoms with Crippen molar-refractivity contribution >= 4 is 35.0 Å². The van der Waals surface area contributed by atoms with Crippen LogP contribution in [0.3, 0.4) is 0 Å². The van der Waals surface area contributed by atoms with E-state index in [1.54, 1.807) is 30.9 Å². The Labute approximate surface area is 316 Å². The summed E-state index contributed by atoms with van der Waals surface area (Å²) in [5.74, 6) is -0.0918. The maximum atomic E-state index is 14.7. The minimum atomic E-state index is -1.01. The van der Waals surface area contributed by atoms with Gasteiger partial charge >= 0.3 is 5.97 Å². The topological polar surface area (TPSA) is 108 Å². The molecule has 2 amide bonds. The summed E-state index contributed by atoms with van der Waals surface area (Å²) in [4.78, 5) is 43.6. The number of benzene rings is 3. The molecule has 6 rings (SSSR count). The highest BCUT2D eigenvalue weighted by Gasteiger charge is 2.43. The summed E-state index contributed by atoms with van der Waals surface area (Å²) < 4.78 is 25.5. The molecule has 1 saturated carbocycles. The predicted octanol–water partition coefficient (Wildman–Crippen LogP) is 7.00. The number of halogens is 2. The highest BCUT2D eigenvalue weighted by Crippen LogP contribution is 2.38. The van der Waals surface area contributed by atoms with Crippen molar-refractivity contribution in [2.75, 3.05) is 32.8 Å². The molecule has 0 aromatic heterocycles. The minimum Gasteiger partial charge on any atom is -0.490 e. The summed E-state index contributed by atoms with van der Waals surface area (Å²) in [6.45, 7) is 9.20. The number of carbonyl (C=O) groups is 3. The molecular weight excluding hydrogens is 697 g/mol. The number of amides is 2. The Morgan fingerprint density at radius 1 is 0.981 bits per heavy atom. The van der Waals surface area contributed by atoms with Crippen molar-refractivity contribution in [3.05, 3.63) is 99.3 Å². The maximum absolute atomic E-state index is 14.7. The lowest BCUT2D eigenvalue weighted by Crippen LogP contribution is -2.62. The van der Waals surface area contributed by atoms with E-state index < -0.39 is 11.4 Å². The molecule has 11 heteroatoms. The first-order valence-corrected chi connectivity index (χ1v) is 18.9. The number of piperazine rings is 1. The Morgan fingerprint density at radius 3 is 2.34 bits per heavy atom. The van der Waals surface area contributed by atoms with Gasteiger partial charge in [0, 0.05) is 43.7 Å². The molecule has 282 valence electrons. The van der Waals surface area contributed by atoms with Crippen molar-refractivity contribution in [1.82, 2.24) is 15.1 Å². The van der Waals surface area contributed by atoms with Crippen LogP contribution in [-0.2, 0) is 20.8 Å². The van der Waals surface area contributed by atoms with Gasteiger partial charge < -0.3 is 29.7 Å². The molecule has 1 saturated heterocycles. The molecule has 1 aliphatic carbocycles. The van der Waals surface area contributed by atoms with Crippen LogP contribution in [0.1, 0.15) is 68.2 Å². The molecule has 2 heterocycles. The second kappa shape index (κ2) is 16.3. The number of carbonyl (C=O) groups excluding carboxylic acids is 2. The number of carboxylic acids is 1. The Kier molecular flexibility index (Phi) is 11.8. The molecule has 9 nitrogen and oxygen atoms in total. The van der Waals surface area contributed by atoms with Crippen molar-refractivity contribution in [2.45, 2.75) is 84.3 Å². The van der Waals surface area contributed by atoms with E-state index >= 15 is 0 Å². The monoisotopic (exact) mass is 745 g/mol. The smallest absolute Gasteiger partial charge is 0.309 e. The molecule has 3 aromatic rings. The fourth-order valence-corrected chi connectivity index (χ4v) is 7.35. The third-order valence-electron chi connectivity index (χ3n) is 10.7. The SMILES string of the molecule is Cc1cc(Cl)c(OCCOc2ccc(C3=C(C(=O)N(CCc4ccc(F)cc4)C4CC4)[C@H]4CN(C(=O)CCC(C)(C)C(=O)O)C[C@@H](C3)N4)cc2)cc1C. The van der Waals surface area contributed by atoms with Crippen LogP contribution < -0.4 is 14.8 Å². The Hall–Kier alpha value is -4.41. The molecule has 0 radical (unpaired) electrons. The van der Waals surface area contributed by atoms with Gasteiger partial charge in [-0.1, -0.05) is 35.9 Å². The van der Waals surface area contributed by atoms with Crippen LogP contribution in [0.5, 0.6) is 11.5 Å². The van der Waals surface area contributed by atoms with Crippen molar-refractivity contribution in [3.63, 3.8) is 0 Å². The Bertz CT molecular complexity index is 1860. The molecule has 2 aliphatic heterocycles. The molecule has 2 bridgehead atoms. The number of nitrogens with one attached hydrogen (secondary N) is 1. The van der Waals surface area contributed by atoms with Crippen LogP contribution in [-0.4, -0.2) is 83.7 Å². The van der Waals surface area contributed by atoms with Crippen LogP contribution in [0.15, 0.2) is 66.2 Å². The van der Waals surface area contributed by atoms with Crippen LogP contribution in [0.25, 0.3) is 5.57 Å². The molecule has 2 atom stereocenters. The number of aliphatic carboxylic acids is 1. The molecule has 3 aromatic carbocycles. The van der Waals surface area contributed by atoms with Gasteiger partial charge in [0.1, 0.15) is 30.5 Å². The van der Waals surface area contributed by atoms with E-state index in [0.29, 0.717) is 67.8 Å². The Morgan fingerprint density at radius 2 is 1.66 bits per heavy atom. The first kappa shape index (κ1) is 38.3. The molecule has 0 spiro atoms. The van der Waals surface area contributed by atoms with E-state index in [1.165, 1.54) is 12.1 Å². The highest BCUT2D eigenvalue weighted by molar-refractivity contribution is 6.32. The lowest BCUT2D eigenvalue weighted by Gasteiger charge is -2.45. The van der Waals surface area contributed by atoms with Crippen molar-refractivity contribution in [2.24, 2.45) is 5.41 Å². The number of aryl methyl sites for hydroxylation is 2. The first-order chi connectivity index (χ1) is 25.3. The maximum Gasteiger partial charge on any atom is 0.309 e. The summed E-state index contributed by atoms with van der Waals surface area (Å²) >= 11 is 6.36. The summed E-state index contributed by atoms with van der Waals surface area (Å²) in [7, 11) is 0. The zero-order valence-corrected chi connectivity index (χ0v) is 31.7. The van der Waals surface area contributed by atoms with Crippen molar-refractivity contribution < 1.29 is 33.4 Å². The average Bonchev–Trinajstić information content (AvgIpc) is 3.97. The van der Waals surface area contributed by atoms with Crippen molar-refractivity contribution in [1.29, 1.82) is 0 Å². The largest absolute Gasteiger partial charge is 0.490 e. The van der Waals surface area contributed by atoms with Crippen molar-refractivity contribution in [3.8, 4) is 11.5 Å². The lowest BCUT2D eigenvalue weighted by molar-refractivity contribution is -0.148. The number of hydrogen-bond donors (Lipinski definition) is 2. The van der Waals surface area contributed by atoms with Gasteiger partial charge in [0.2, 0.25) is 5.91 Å². The summed E-state index contributed by atoms with van der Waals surface area (Å²) in [6, 6.07) is 17.6. The third-order valence-corrected chi connectivity index (χ3v) is 11.0. The molecule has 2 N–H and O–H groups in total. The van der Waals surface area contributed by atoms with E-state index in [4.69, 9.17) is 21.1 Å². The second-order valence-electron chi connectivity index (χ2n) is 15.2. The van der Waals surface area contributed by atoms with Crippen LogP contribution >= 0.6 is 11.6 Å². The van der Waals surface area contributed by atoms with E-state index in [1.807, 2.05) is 55.1 Å². The zero-order valence-electron chi connectivity index (χ0n) is 30.9. The molecule has 2 fully saturated rings. The van der Waals surface area contributed by atoms with Gasteiger partial charge in [-0.05, 0) is 124 Å². The standard InChI is InChI=1S/C42H49ClFN3O6/c1-26-21-35(43)37(22-27(26)2)53-20-19-52-33-13-7-29(8-14-33)34-23-31-24-46(38(48)15-17-42(3,4)41(50)51)25-36(45-31)39(34)40(49)47(32-11-12-32)18-16-28-5-9-30(44)10-6-28/h5-10,13-14,21-22,31-32,36,45H,11-12,15-20,23-25H2,1-4H3,(H,50,51)/t31-,36-/m1/s1. The molecule has 0 unspecified atom stereocenters. The van der Waals surface area contributed by atoms with Gasteiger partial charge in [0.25, 0.3) is 5.91 Å². The van der Waals surface area contributed by atoms with E-state index in [0.717, 1.165) is 40.7 Å². The van der Waals surface area contributed by atoms with E-state index in [-0.39, 0.29) is 48.6 Å². The number of hydrogen-bond acceptors (Lipinski definition) is 6. The summed E-state index contributed by atoms with van der Waals surface area (Å²) in [6.07, 6.45) is 3.34. The lowest BCUT2D eigenvalue weighted by atomic mass is 9.82. The van der Waals surface area contributed by atoms with Crippen LogP contribution in [0, 0.1) is 25.1 Å². The summed E-state index contributed by atoms with van der Waals surface area (Å²) in [5, 5.41) is 13.8. The first-order valence-electron chi connectivity index (χ1n) is 18.5. The van der Waals surface area contributed by atoms with Gasteiger partial charge in [-0.2, -0.15) is 0 Å². The predicted molar refractivity (Wildman–Crippen MR) is 203 cm³/mol. The quantitative estimate of drug-likeness (QED) is 0.161. The van der Waals surface area contributed by atoms with E-state index in [9.17, 15) is 23.9 Å². The van der Waals surface area contributed by atoms with Gasteiger partial charge in [-0.15, -0.1) is 0 Å². The zero-order chi connectivity index (χ0) is 37.9. The molecule has 53 heavy (non-hydrogen) atoms. The number of nitrogens with zero attached hydrogens (tertiary/aromatic N) is 2.